The number of benzene rings is 2. The highest BCUT2D eigenvalue weighted by molar-refractivity contribution is 6.31. The van der Waals surface area contributed by atoms with Crippen LogP contribution < -0.4 is 10.2 Å². The SMILES string of the molecule is O=C(O)[C@@H]1N[C@H](c2ccccc2O)[C@@H]2C(=O)N(c3ccc(Cl)cc3)C(=O)[C@H]21. The highest BCUT2D eigenvalue weighted by Gasteiger charge is 2.61. The molecule has 27 heavy (non-hydrogen) atoms. The van der Waals surface area contributed by atoms with E-state index >= 15 is 0 Å². The fraction of sp³-hybridized carbons (Fsp3) is 0.211. The smallest absolute Gasteiger partial charge is 0.321 e. The Bertz CT molecular complexity index is 945. The van der Waals surface area contributed by atoms with Crippen LogP contribution in [0.1, 0.15) is 11.6 Å². The van der Waals surface area contributed by atoms with Gasteiger partial charge in [0.05, 0.1) is 17.5 Å². The number of hydrogen-bond donors (Lipinski definition) is 3. The van der Waals surface area contributed by atoms with Crippen molar-refractivity contribution in [2.45, 2.75) is 12.1 Å². The van der Waals surface area contributed by atoms with Gasteiger partial charge in [-0.3, -0.25) is 19.7 Å². The molecule has 0 aromatic heterocycles. The maximum absolute atomic E-state index is 13.1. The van der Waals surface area contributed by atoms with Crippen molar-refractivity contribution >= 4 is 35.1 Å². The summed E-state index contributed by atoms with van der Waals surface area (Å²) in [5, 5.41) is 23.0. The van der Waals surface area contributed by atoms with Gasteiger partial charge in [0.2, 0.25) is 11.8 Å². The van der Waals surface area contributed by atoms with Gasteiger partial charge in [-0.05, 0) is 30.3 Å². The summed E-state index contributed by atoms with van der Waals surface area (Å²) in [6.45, 7) is 0. The molecule has 2 fully saturated rings. The number of carboxylic acids is 1. The molecule has 0 aliphatic carbocycles. The van der Waals surface area contributed by atoms with Crippen LogP contribution in [0.25, 0.3) is 0 Å². The highest BCUT2D eigenvalue weighted by atomic mass is 35.5. The van der Waals surface area contributed by atoms with Crippen LogP contribution in [0.15, 0.2) is 48.5 Å². The summed E-state index contributed by atoms with van der Waals surface area (Å²) < 4.78 is 0. The van der Waals surface area contributed by atoms with Crippen LogP contribution in [-0.2, 0) is 14.4 Å². The minimum Gasteiger partial charge on any atom is -0.508 e. The second-order valence-corrected chi connectivity index (χ2v) is 7.00. The van der Waals surface area contributed by atoms with Gasteiger partial charge >= 0.3 is 5.97 Å². The van der Waals surface area contributed by atoms with Gasteiger partial charge in [0, 0.05) is 16.6 Å². The van der Waals surface area contributed by atoms with E-state index in [0.717, 1.165) is 4.90 Å². The number of para-hydroxylation sites is 1. The molecule has 2 aromatic carbocycles. The first-order chi connectivity index (χ1) is 12.9. The Morgan fingerprint density at radius 1 is 1.00 bits per heavy atom. The summed E-state index contributed by atoms with van der Waals surface area (Å²) >= 11 is 5.87. The predicted molar refractivity (Wildman–Crippen MR) is 96.3 cm³/mol. The second kappa shape index (κ2) is 6.37. The Morgan fingerprint density at radius 3 is 2.26 bits per heavy atom. The third-order valence-electron chi connectivity index (χ3n) is 5.10. The number of halogens is 1. The number of amides is 2. The van der Waals surface area contributed by atoms with Crippen molar-refractivity contribution in [2.24, 2.45) is 11.8 Å². The second-order valence-electron chi connectivity index (χ2n) is 6.56. The molecule has 0 bridgehead atoms. The summed E-state index contributed by atoms with van der Waals surface area (Å²) in [5.41, 5.74) is 0.722. The molecule has 2 aliphatic heterocycles. The van der Waals surface area contributed by atoms with E-state index < -0.39 is 41.7 Å². The van der Waals surface area contributed by atoms with Crippen LogP contribution in [0.4, 0.5) is 5.69 Å². The van der Waals surface area contributed by atoms with Crippen LogP contribution in [0.2, 0.25) is 5.02 Å². The lowest BCUT2D eigenvalue weighted by Gasteiger charge is -2.22. The first-order valence-corrected chi connectivity index (χ1v) is 8.68. The molecule has 3 N–H and O–H groups in total. The number of hydrogen-bond acceptors (Lipinski definition) is 5. The van der Waals surface area contributed by atoms with E-state index in [0.29, 0.717) is 16.3 Å². The van der Waals surface area contributed by atoms with Crippen molar-refractivity contribution in [3.8, 4) is 5.75 Å². The Labute approximate surface area is 159 Å². The number of carboxylic acid groups (broad SMARTS) is 1. The monoisotopic (exact) mass is 386 g/mol. The normalized spacial score (nSPS) is 27.1. The molecule has 4 rings (SSSR count). The third kappa shape index (κ3) is 2.67. The van der Waals surface area contributed by atoms with E-state index in [9.17, 15) is 24.6 Å². The van der Waals surface area contributed by atoms with E-state index in [1.807, 2.05) is 0 Å². The number of imide groups is 1. The number of rotatable bonds is 3. The van der Waals surface area contributed by atoms with Gasteiger partial charge in [0.25, 0.3) is 0 Å². The van der Waals surface area contributed by atoms with Gasteiger partial charge < -0.3 is 10.2 Å². The van der Waals surface area contributed by atoms with Crippen LogP contribution in [0.5, 0.6) is 5.75 Å². The summed E-state index contributed by atoms with van der Waals surface area (Å²) in [4.78, 5) is 38.8. The lowest BCUT2D eigenvalue weighted by Crippen LogP contribution is -2.43. The molecular weight excluding hydrogens is 372 g/mol. The number of carbonyl (C=O) groups is 3. The van der Waals surface area contributed by atoms with Crippen molar-refractivity contribution < 1.29 is 24.6 Å². The van der Waals surface area contributed by atoms with E-state index in [1.54, 1.807) is 30.3 Å². The highest BCUT2D eigenvalue weighted by Crippen LogP contribution is 2.46. The van der Waals surface area contributed by atoms with E-state index in [-0.39, 0.29) is 5.75 Å². The van der Waals surface area contributed by atoms with Crippen molar-refractivity contribution in [1.29, 1.82) is 0 Å². The molecule has 0 spiro atoms. The Morgan fingerprint density at radius 2 is 1.63 bits per heavy atom. The van der Waals surface area contributed by atoms with Crippen molar-refractivity contribution in [2.75, 3.05) is 4.90 Å². The molecule has 4 atom stereocenters. The van der Waals surface area contributed by atoms with Gasteiger partial charge in [-0.1, -0.05) is 29.8 Å². The molecule has 2 saturated heterocycles. The molecule has 0 unspecified atom stereocenters. The number of carbonyl (C=O) groups excluding carboxylic acids is 2. The van der Waals surface area contributed by atoms with E-state index in [4.69, 9.17) is 11.6 Å². The molecule has 7 nitrogen and oxygen atoms in total. The Hall–Kier alpha value is -2.90. The first-order valence-electron chi connectivity index (χ1n) is 8.30. The summed E-state index contributed by atoms with van der Waals surface area (Å²) in [6, 6.07) is 10.5. The topological polar surface area (TPSA) is 107 Å². The number of phenols is 1. The largest absolute Gasteiger partial charge is 0.508 e. The van der Waals surface area contributed by atoms with E-state index in [1.165, 1.54) is 18.2 Å². The quantitative estimate of drug-likeness (QED) is 0.696. The van der Waals surface area contributed by atoms with Crippen molar-refractivity contribution in [3.05, 3.63) is 59.1 Å². The number of anilines is 1. The minimum atomic E-state index is -1.23. The molecule has 0 radical (unpaired) electrons. The standard InChI is InChI=1S/C19H15ClN2O5/c20-9-5-7-10(8-6-9)22-17(24)13-14(18(22)25)16(19(26)27)21-15(13)11-3-1-2-4-12(11)23/h1-8,13-16,21,23H,(H,26,27)/t13-,14-,15-,16-/m1/s1. The summed E-state index contributed by atoms with van der Waals surface area (Å²) in [6.07, 6.45) is 0. The third-order valence-corrected chi connectivity index (χ3v) is 5.35. The molecule has 2 aliphatic rings. The zero-order valence-electron chi connectivity index (χ0n) is 13.9. The molecule has 2 heterocycles. The Balaban J connectivity index is 1.79. The Kier molecular flexibility index (Phi) is 4.13. The molecule has 138 valence electrons. The summed E-state index contributed by atoms with van der Waals surface area (Å²) in [5.74, 6) is -4.35. The zero-order valence-corrected chi connectivity index (χ0v) is 14.6. The fourth-order valence-corrected chi connectivity index (χ4v) is 4.04. The maximum atomic E-state index is 13.1. The number of fused-ring (bicyclic) bond motifs is 1. The molecule has 8 heteroatoms. The zero-order chi connectivity index (χ0) is 19.3. The van der Waals surface area contributed by atoms with E-state index in [2.05, 4.69) is 5.32 Å². The summed E-state index contributed by atoms with van der Waals surface area (Å²) in [7, 11) is 0. The molecular formula is C19H15ClN2O5. The maximum Gasteiger partial charge on any atom is 0.321 e. The van der Waals surface area contributed by atoms with Crippen LogP contribution >= 0.6 is 11.6 Å². The predicted octanol–water partition coefficient (Wildman–Crippen LogP) is 1.95. The number of phenolic OH excluding ortho intramolecular Hbond substituents is 1. The fourth-order valence-electron chi connectivity index (χ4n) is 3.92. The number of nitrogens with one attached hydrogen (secondary N) is 1. The number of aromatic hydroxyl groups is 1. The van der Waals surface area contributed by atoms with Gasteiger partial charge in [-0.2, -0.15) is 0 Å². The minimum absolute atomic E-state index is 0.0648. The van der Waals surface area contributed by atoms with Gasteiger partial charge in [-0.15, -0.1) is 0 Å². The average Bonchev–Trinajstić information content (AvgIpc) is 3.14. The lowest BCUT2D eigenvalue weighted by molar-refractivity contribution is -0.142. The van der Waals surface area contributed by atoms with Crippen LogP contribution in [-0.4, -0.2) is 34.0 Å². The van der Waals surface area contributed by atoms with Gasteiger partial charge in [0.15, 0.2) is 0 Å². The number of nitrogens with zero attached hydrogens (tertiary/aromatic N) is 1. The van der Waals surface area contributed by atoms with Crippen LogP contribution in [0, 0.1) is 11.8 Å². The molecule has 2 amide bonds. The van der Waals surface area contributed by atoms with Gasteiger partial charge in [-0.25, -0.2) is 4.90 Å². The van der Waals surface area contributed by atoms with Crippen molar-refractivity contribution in [1.82, 2.24) is 5.32 Å². The van der Waals surface area contributed by atoms with Crippen LogP contribution in [0.3, 0.4) is 0 Å². The van der Waals surface area contributed by atoms with Gasteiger partial charge in [0.1, 0.15) is 11.8 Å². The molecule has 0 saturated carbocycles. The molecule has 2 aromatic rings. The van der Waals surface area contributed by atoms with Crippen molar-refractivity contribution in [3.63, 3.8) is 0 Å². The first kappa shape index (κ1) is 17.5. The average molecular weight is 387 g/mol. The lowest BCUT2D eigenvalue weighted by atomic mass is 9.86. The number of aliphatic carboxylic acids is 1.